The summed E-state index contributed by atoms with van der Waals surface area (Å²) in [6.45, 7) is 6.06. The van der Waals surface area contributed by atoms with Crippen molar-refractivity contribution < 1.29 is 9.47 Å². The van der Waals surface area contributed by atoms with Gasteiger partial charge in [0.15, 0.2) is 5.79 Å². The number of hydrogen-bond acceptors (Lipinski definition) is 3. The Morgan fingerprint density at radius 2 is 2.05 bits per heavy atom. The van der Waals surface area contributed by atoms with Gasteiger partial charge in [0.1, 0.15) is 0 Å². The summed E-state index contributed by atoms with van der Waals surface area (Å²) in [5, 5.41) is 0. The lowest BCUT2D eigenvalue weighted by atomic mass is 9.96. The molecule has 0 N–H and O–H groups in total. The number of hydrogen-bond donors (Lipinski definition) is 0. The van der Waals surface area contributed by atoms with E-state index < -0.39 is 5.79 Å². The number of nitrogens with zero attached hydrogens (tertiary/aromatic N) is 1. The molecule has 0 saturated carbocycles. The number of pyridine rings is 1. The van der Waals surface area contributed by atoms with Crippen molar-refractivity contribution >= 4 is 0 Å². The maximum absolute atomic E-state index is 12.8. The molecular formula is C15H21NO3. The van der Waals surface area contributed by atoms with Gasteiger partial charge in [0.05, 0.1) is 18.8 Å². The van der Waals surface area contributed by atoms with E-state index in [9.17, 15) is 4.79 Å². The third kappa shape index (κ3) is 1.85. The minimum atomic E-state index is -0.812. The maximum Gasteiger partial charge on any atom is 0.259 e. The van der Waals surface area contributed by atoms with Crippen molar-refractivity contribution in [1.82, 2.24) is 4.57 Å². The second-order valence-corrected chi connectivity index (χ2v) is 5.25. The van der Waals surface area contributed by atoms with Crippen molar-refractivity contribution in [2.24, 2.45) is 0 Å². The fourth-order valence-corrected chi connectivity index (χ4v) is 3.29. The van der Waals surface area contributed by atoms with Crippen LogP contribution in [0.4, 0.5) is 0 Å². The molecule has 0 spiro atoms. The monoisotopic (exact) mass is 263 g/mol. The van der Waals surface area contributed by atoms with Crippen LogP contribution in [0.15, 0.2) is 10.9 Å². The summed E-state index contributed by atoms with van der Waals surface area (Å²) in [4.78, 5) is 12.8. The molecule has 104 valence electrons. The highest BCUT2D eigenvalue weighted by atomic mass is 16.7. The predicted octanol–water partition coefficient (Wildman–Crippen LogP) is 1.97. The van der Waals surface area contributed by atoms with Gasteiger partial charge in [-0.15, -0.1) is 0 Å². The van der Waals surface area contributed by atoms with Gasteiger partial charge >= 0.3 is 0 Å². The molecule has 1 aromatic heterocycles. The van der Waals surface area contributed by atoms with Crippen LogP contribution in [-0.4, -0.2) is 17.8 Å². The number of rotatable bonds is 3. The number of fused-ring (bicyclic) bond motifs is 1. The van der Waals surface area contributed by atoms with E-state index in [-0.39, 0.29) is 5.56 Å². The Balaban J connectivity index is 2.22. The molecule has 3 heterocycles. The van der Waals surface area contributed by atoms with E-state index >= 15 is 0 Å². The molecule has 1 saturated heterocycles. The van der Waals surface area contributed by atoms with E-state index in [1.165, 1.54) is 0 Å². The van der Waals surface area contributed by atoms with Gasteiger partial charge in [-0.2, -0.15) is 0 Å². The molecule has 0 amide bonds. The number of aryl methyl sites for hydroxylation is 2. The van der Waals surface area contributed by atoms with Crippen molar-refractivity contribution in [2.75, 3.05) is 13.2 Å². The van der Waals surface area contributed by atoms with Gasteiger partial charge in [-0.25, -0.2) is 0 Å². The lowest BCUT2D eigenvalue weighted by molar-refractivity contribution is -0.169. The smallest absolute Gasteiger partial charge is 0.259 e. The van der Waals surface area contributed by atoms with Crippen molar-refractivity contribution in [3.63, 3.8) is 0 Å². The van der Waals surface area contributed by atoms with E-state index in [0.717, 1.165) is 42.6 Å². The van der Waals surface area contributed by atoms with E-state index in [1.807, 2.05) is 11.5 Å². The topological polar surface area (TPSA) is 40.5 Å². The molecule has 3 rings (SSSR count). The average molecular weight is 263 g/mol. The lowest BCUT2D eigenvalue weighted by Gasteiger charge is -2.28. The van der Waals surface area contributed by atoms with Gasteiger partial charge in [-0.3, -0.25) is 4.79 Å². The minimum Gasteiger partial charge on any atom is -0.343 e. The molecule has 4 nitrogen and oxygen atoms in total. The number of ether oxygens (including phenoxy) is 2. The lowest BCUT2D eigenvalue weighted by Crippen LogP contribution is -2.38. The van der Waals surface area contributed by atoms with E-state index in [1.54, 1.807) is 0 Å². The zero-order valence-electron chi connectivity index (χ0n) is 11.7. The Labute approximate surface area is 113 Å². The normalized spacial score (nSPS) is 20.7. The van der Waals surface area contributed by atoms with Gasteiger partial charge in [-0.1, -0.05) is 13.8 Å². The zero-order valence-corrected chi connectivity index (χ0v) is 11.7. The first-order valence-corrected chi connectivity index (χ1v) is 7.26. The zero-order chi connectivity index (χ0) is 13.5. The minimum absolute atomic E-state index is 0.0931. The maximum atomic E-state index is 12.8. The quantitative estimate of drug-likeness (QED) is 0.837. The van der Waals surface area contributed by atoms with E-state index in [2.05, 4.69) is 13.0 Å². The van der Waals surface area contributed by atoms with Crippen LogP contribution in [0.25, 0.3) is 0 Å². The number of aromatic nitrogens is 1. The Hall–Kier alpha value is -1.13. The third-order valence-corrected chi connectivity index (χ3v) is 4.26. The second-order valence-electron chi connectivity index (χ2n) is 5.25. The first kappa shape index (κ1) is 12.9. The van der Waals surface area contributed by atoms with Crippen LogP contribution < -0.4 is 5.56 Å². The van der Waals surface area contributed by atoms with Crippen LogP contribution in [0.3, 0.4) is 0 Å². The van der Waals surface area contributed by atoms with Gasteiger partial charge in [0, 0.05) is 18.7 Å². The first-order chi connectivity index (χ1) is 9.22. The average Bonchev–Trinajstić information content (AvgIpc) is 3.07. The molecule has 0 aliphatic carbocycles. The third-order valence-electron chi connectivity index (χ3n) is 4.26. The van der Waals surface area contributed by atoms with Gasteiger partial charge in [-0.05, 0) is 30.9 Å². The second kappa shape index (κ2) is 4.76. The molecular weight excluding hydrogens is 242 g/mol. The summed E-state index contributed by atoms with van der Waals surface area (Å²) in [5.74, 6) is -0.812. The Kier molecular flexibility index (Phi) is 3.23. The molecule has 0 unspecified atom stereocenters. The molecule has 2 aliphatic heterocycles. The largest absolute Gasteiger partial charge is 0.343 e. The summed E-state index contributed by atoms with van der Waals surface area (Å²) in [6, 6.07) is 2.17. The van der Waals surface area contributed by atoms with Crippen LogP contribution in [0.5, 0.6) is 0 Å². The molecule has 2 aliphatic rings. The van der Waals surface area contributed by atoms with Crippen LogP contribution in [0.1, 0.15) is 43.5 Å². The summed E-state index contributed by atoms with van der Waals surface area (Å²) < 4.78 is 13.5. The molecule has 1 aromatic rings. The Morgan fingerprint density at radius 1 is 1.32 bits per heavy atom. The SMILES string of the molecule is CCc1cc2n(c(=O)c1C1(CC)OCCO1)CCC2. The van der Waals surface area contributed by atoms with Crippen molar-refractivity contribution in [3.05, 3.63) is 33.2 Å². The van der Waals surface area contributed by atoms with Gasteiger partial charge in [0.25, 0.3) is 5.56 Å². The molecule has 0 bridgehead atoms. The summed E-state index contributed by atoms with van der Waals surface area (Å²) in [6.07, 6.45) is 3.58. The summed E-state index contributed by atoms with van der Waals surface area (Å²) in [5.41, 5.74) is 3.08. The summed E-state index contributed by atoms with van der Waals surface area (Å²) in [7, 11) is 0. The highest BCUT2D eigenvalue weighted by Crippen LogP contribution is 2.35. The highest BCUT2D eigenvalue weighted by Gasteiger charge is 2.41. The van der Waals surface area contributed by atoms with Crippen LogP contribution in [-0.2, 0) is 34.6 Å². The predicted molar refractivity (Wildman–Crippen MR) is 72.3 cm³/mol. The van der Waals surface area contributed by atoms with Gasteiger partial charge in [0.2, 0.25) is 0 Å². The molecule has 1 fully saturated rings. The Morgan fingerprint density at radius 3 is 2.68 bits per heavy atom. The van der Waals surface area contributed by atoms with Crippen molar-refractivity contribution in [2.45, 2.75) is 51.9 Å². The van der Waals surface area contributed by atoms with Crippen molar-refractivity contribution in [1.29, 1.82) is 0 Å². The first-order valence-electron chi connectivity index (χ1n) is 7.26. The molecule has 0 radical (unpaired) electrons. The molecule has 0 aromatic carbocycles. The van der Waals surface area contributed by atoms with Crippen LogP contribution in [0, 0.1) is 0 Å². The van der Waals surface area contributed by atoms with Crippen LogP contribution in [0.2, 0.25) is 0 Å². The highest BCUT2D eigenvalue weighted by molar-refractivity contribution is 5.33. The fourth-order valence-electron chi connectivity index (χ4n) is 3.29. The fraction of sp³-hybridized carbons (Fsp3) is 0.667. The standard InChI is InChI=1S/C15H21NO3/c1-3-11-10-12-6-5-7-16(12)14(17)13(11)15(4-2)18-8-9-19-15/h10H,3-9H2,1-2H3. The van der Waals surface area contributed by atoms with E-state index in [0.29, 0.717) is 19.6 Å². The van der Waals surface area contributed by atoms with Crippen LogP contribution >= 0.6 is 0 Å². The van der Waals surface area contributed by atoms with Gasteiger partial charge < -0.3 is 14.0 Å². The molecule has 4 heteroatoms. The molecule has 0 atom stereocenters. The molecule has 19 heavy (non-hydrogen) atoms. The summed E-state index contributed by atoms with van der Waals surface area (Å²) >= 11 is 0. The van der Waals surface area contributed by atoms with Crippen molar-refractivity contribution in [3.8, 4) is 0 Å². The van der Waals surface area contributed by atoms with E-state index in [4.69, 9.17) is 9.47 Å². The Bertz CT molecular complexity index is 541.